The molecule has 27 heavy (non-hydrogen) atoms. The maximum atomic E-state index is 12.7. The van der Waals surface area contributed by atoms with Gasteiger partial charge in [0.2, 0.25) is 5.91 Å². The van der Waals surface area contributed by atoms with E-state index in [2.05, 4.69) is 5.32 Å². The summed E-state index contributed by atoms with van der Waals surface area (Å²) in [7, 11) is 0. The number of carbonyl (C=O) groups is 2. The van der Waals surface area contributed by atoms with E-state index in [0.29, 0.717) is 5.56 Å². The molecule has 0 unspecified atom stereocenters. The lowest BCUT2D eigenvalue weighted by Gasteiger charge is -2.32. The third-order valence-corrected chi connectivity index (χ3v) is 6.04. The van der Waals surface area contributed by atoms with Gasteiger partial charge in [-0.3, -0.25) is 14.8 Å². The van der Waals surface area contributed by atoms with Gasteiger partial charge >= 0.3 is 0 Å². The molecule has 1 spiro atoms. The van der Waals surface area contributed by atoms with Crippen molar-refractivity contribution in [2.75, 3.05) is 6.54 Å². The molecule has 0 bridgehead atoms. The Hall–Kier alpha value is -2.66. The molecule has 140 valence electrons. The zero-order valence-corrected chi connectivity index (χ0v) is 15.5. The first kappa shape index (κ1) is 17.7. The lowest BCUT2D eigenvalue weighted by molar-refractivity contribution is -0.128. The van der Waals surface area contributed by atoms with Crippen molar-refractivity contribution in [3.05, 3.63) is 70.3 Å². The number of hydrogen-bond donors (Lipinski definition) is 2. The van der Waals surface area contributed by atoms with Crippen LogP contribution in [0, 0.1) is 12.3 Å². The van der Waals surface area contributed by atoms with E-state index < -0.39 is 5.91 Å². The largest absolute Gasteiger partial charge is 0.356 e. The number of carbonyl (C=O) groups excluding carboxylic acids is 2. The van der Waals surface area contributed by atoms with Gasteiger partial charge in [0, 0.05) is 12.1 Å². The van der Waals surface area contributed by atoms with Crippen molar-refractivity contribution in [1.82, 2.24) is 10.4 Å². The topological polar surface area (TPSA) is 69.6 Å². The molecule has 0 aromatic heterocycles. The molecular formula is C22H24N2O3. The van der Waals surface area contributed by atoms with Crippen molar-refractivity contribution in [1.29, 1.82) is 0 Å². The SMILES string of the molecule is Cc1ccccc1CN(O)C(=O)c1ccc2c(c1)CC[C@@]1(CCNC1=O)C2. The first-order valence-electron chi connectivity index (χ1n) is 9.44. The van der Waals surface area contributed by atoms with E-state index in [-0.39, 0.29) is 17.9 Å². The Labute approximate surface area is 159 Å². The van der Waals surface area contributed by atoms with E-state index in [1.165, 1.54) is 0 Å². The lowest BCUT2D eigenvalue weighted by atomic mass is 9.70. The second-order valence-electron chi connectivity index (χ2n) is 7.74. The van der Waals surface area contributed by atoms with Gasteiger partial charge in [0.25, 0.3) is 5.91 Å². The fourth-order valence-corrected chi connectivity index (χ4v) is 4.28. The number of hydrogen-bond acceptors (Lipinski definition) is 3. The van der Waals surface area contributed by atoms with E-state index in [0.717, 1.165) is 59.5 Å². The van der Waals surface area contributed by atoms with Gasteiger partial charge in [-0.1, -0.05) is 30.3 Å². The Morgan fingerprint density at radius 2 is 2.00 bits per heavy atom. The Morgan fingerprint density at radius 1 is 1.19 bits per heavy atom. The second kappa shape index (κ2) is 6.82. The minimum absolute atomic E-state index is 0.159. The number of nitrogens with zero attached hydrogens (tertiary/aromatic N) is 1. The van der Waals surface area contributed by atoms with Crippen LogP contribution in [0.5, 0.6) is 0 Å². The lowest BCUT2D eigenvalue weighted by Crippen LogP contribution is -2.36. The van der Waals surface area contributed by atoms with Crippen molar-refractivity contribution >= 4 is 11.8 Å². The van der Waals surface area contributed by atoms with Crippen LogP contribution in [0.15, 0.2) is 42.5 Å². The number of rotatable bonds is 3. The molecule has 1 aliphatic carbocycles. The molecule has 5 nitrogen and oxygen atoms in total. The minimum atomic E-state index is -0.403. The third-order valence-electron chi connectivity index (χ3n) is 6.04. The fraction of sp³-hybridized carbons (Fsp3) is 0.364. The molecule has 1 fully saturated rings. The van der Waals surface area contributed by atoms with Crippen molar-refractivity contribution in [2.24, 2.45) is 5.41 Å². The summed E-state index contributed by atoms with van der Waals surface area (Å²) in [6, 6.07) is 13.3. The second-order valence-corrected chi connectivity index (χ2v) is 7.74. The van der Waals surface area contributed by atoms with Crippen LogP contribution in [0.1, 0.15) is 45.5 Å². The number of benzene rings is 2. The maximum absolute atomic E-state index is 12.7. The highest BCUT2D eigenvalue weighted by atomic mass is 16.5. The molecule has 2 aromatic rings. The van der Waals surface area contributed by atoms with Crippen molar-refractivity contribution in [3.8, 4) is 0 Å². The molecule has 4 rings (SSSR count). The maximum Gasteiger partial charge on any atom is 0.277 e. The number of hydroxylamine groups is 2. The molecule has 1 heterocycles. The summed E-state index contributed by atoms with van der Waals surface area (Å²) < 4.78 is 0. The van der Waals surface area contributed by atoms with Crippen molar-refractivity contribution in [3.63, 3.8) is 0 Å². The first-order chi connectivity index (χ1) is 13.0. The Balaban J connectivity index is 1.51. The summed E-state index contributed by atoms with van der Waals surface area (Å²) >= 11 is 0. The highest BCUT2D eigenvalue weighted by molar-refractivity contribution is 5.94. The monoisotopic (exact) mass is 364 g/mol. The molecule has 0 saturated carbocycles. The van der Waals surface area contributed by atoms with Gasteiger partial charge in [0.1, 0.15) is 0 Å². The first-order valence-corrected chi connectivity index (χ1v) is 9.44. The van der Waals surface area contributed by atoms with Crippen LogP contribution in [0.4, 0.5) is 0 Å². The number of aryl methyl sites for hydroxylation is 2. The fourth-order valence-electron chi connectivity index (χ4n) is 4.28. The van der Waals surface area contributed by atoms with E-state index in [9.17, 15) is 14.8 Å². The molecule has 2 amide bonds. The summed E-state index contributed by atoms with van der Waals surface area (Å²) in [5.74, 6) is -0.243. The predicted octanol–water partition coefficient (Wildman–Crippen LogP) is 3.02. The molecule has 1 saturated heterocycles. The Kier molecular flexibility index (Phi) is 4.48. The zero-order chi connectivity index (χ0) is 19.0. The number of amides is 2. The molecule has 2 N–H and O–H groups in total. The van der Waals surface area contributed by atoms with Gasteiger partial charge in [-0.05, 0) is 67.0 Å². The van der Waals surface area contributed by atoms with Crippen LogP contribution in [0.2, 0.25) is 0 Å². The van der Waals surface area contributed by atoms with Crippen LogP contribution >= 0.6 is 0 Å². The van der Waals surface area contributed by atoms with Crippen molar-refractivity contribution in [2.45, 2.75) is 39.2 Å². The average Bonchev–Trinajstić information content (AvgIpc) is 3.02. The van der Waals surface area contributed by atoms with E-state index in [1.54, 1.807) is 6.07 Å². The standard InChI is InChI=1S/C22H24N2O3/c1-15-4-2-3-5-19(15)14-24(27)20(25)17-6-7-18-13-22(9-8-16(18)12-17)10-11-23-21(22)26/h2-7,12,27H,8-11,13-14H2,1H3,(H,23,26)/t22-/m1/s1. The quantitative estimate of drug-likeness (QED) is 0.650. The Morgan fingerprint density at radius 3 is 2.74 bits per heavy atom. The molecule has 5 heteroatoms. The van der Waals surface area contributed by atoms with Gasteiger partial charge in [-0.25, -0.2) is 5.06 Å². The molecule has 2 aromatic carbocycles. The molecule has 1 atom stereocenters. The highest BCUT2D eigenvalue weighted by Gasteiger charge is 2.44. The smallest absolute Gasteiger partial charge is 0.277 e. The highest BCUT2D eigenvalue weighted by Crippen LogP contribution is 2.41. The average molecular weight is 364 g/mol. The van der Waals surface area contributed by atoms with Gasteiger partial charge < -0.3 is 5.32 Å². The molecule has 2 aliphatic rings. The van der Waals surface area contributed by atoms with Crippen molar-refractivity contribution < 1.29 is 14.8 Å². The van der Waals surface area contributed by atoms with E-state index in [4.69, 9.17) is 0 Å². The molecule has 0 radical (unpaired) electrons. The minimum Gasteiger partial charge on any atom is -0.356 e. The van der Waals surface area contributed by atoms with Gasteiger partial charge in [-0.2, -0.15) is 0 Å². The third kappa shape index (κ3) is 3.23. The van der Waals surface area contributed by atoms with E-state index in [1.807, 2.05) is 43.3 Å². The number of fused-ring (bicyclic) bond motifs is 1. The normalized spacial score (nSPS) is 21.0. The van der Waals surface area contributed by atoms with Crippen LogP contribution in [-0.2, 0) is 24.2 Å². The van der Waals surface area contributed by atoms with Gasteiger partial charge in [0.05, 0.1) is 12.0 Å². The molecular weight excluding hydrogens is 340 g/mol. The van der Waals surface area contributed by atoms with Crippen LogP contribution in [0.25, 0.3) is 0 Å². The zero-order valence-electron chi connectivity index (χ0n) is 15.5. The summed E-state index contributed by atoms with van der Waals surface area (Å²) in [6.45, 7) is 2.87. The van der Waals surface area contributed by atoms with E-state index >= 15 is 0 Å². The summed E-state index contributed by atoms with van der Waals surface area (Å²) in [5.41, 5.74) is 4.41. The van der Waals surface area contributed by atoms with Crippen LogP contribution < -0.4 is 5.32 Å². The summed E-state index contributed by atoms with van der Waals surface area (Å²) in [6.07, 6.45) is 3.21. The van der Waals surface area contributed by atoms with Crippen LogP contribution in [0.3, 0.4) is 0 Å². The number of nitrogens with one attached hydrogen (secondary N) is 1. The summed E-state index contributed by atoms with van der Waals surface area (Å²) in [4.78, 5) is 24.9. The van der Waals surface area contributed by atoms with Gasteiger partial charge in [0.15, 0.2) is 0 Å². The Bertz CT molecular complexity index is 908. The predicted molar refractivity (Wildman–Crippen MR) is 101 cm³/mol. The molecule has 1 aliphatic heterocycles. The van der Waals surface area contributed by atoms with Crippen LogP contribution in [-0.4, -0.2) is 28.6 Å². The van der Waals surface area contributed by atoms with Gasteiger partial charge in [-0.15, -0.1) is 0 Å². The summed E-state index contributed by atoms with van der Waals surface area (Å²) in [5, 5.41) is 14.0.